The standard InChI is InChI=1S/C36H50N2O5/c1-34-18-27-19-35(2,23-34)25-36(20-27,24-34)37-32(39)15-16-33(40)43-30(21-38(3)4)22-42-31-12-7-6-10-28(31)14-13-26-9-8-11-29(17-26)41-5/h6-12,17,27,30H,13-16,18-25H2,1-5H3,(H,37,39)/t27?,30-,34?,35?,36?/m0/s1. The molecule has 4 aliphatic rings. The lowest BCUT2D eigenvalue weighted by Gasteiger charge is -2.65. The maximum Gasteiger partial charge on any atom is 0.306 e. The maximum absolute atomic E-state index is 13.1. The van der Waals surface area contributed by atoms with Crippen LogP contribution in [0.2, 0.25) is 0 Å². The zero-order chi connectivity index (χ0) is 30.7. The number of nitrogens with one attached hydrogen (secondary N) is 1. The second kappa shape index (κ2) is 12.9. The number of rotatable bonds is 14. The highest BCUT2D eigenvalue weighted by Gasteiger charge is 2.60. The summed E-state index contributed by atoms with van der Waals surface area (Å²) in [6.45, 7) is 5.58. The van der Waals surface area contributed by atoms with Gasteiger partial charge in [0.1, 0.15) is 24.2 Å². The first kappa shape index (κ1) is 31.4. The Morgan fingerprint density at radius 1 is 0.953 bits per heavy atom. The third-order valence-electron chi connectivity index (χ3n) is 9.67. The zero-order valence-corrected chi connectivity index (χ0v) is 26.7. The molecule has 234 valence electrons. The molecular weight excluding hydrogens is 540 g/mol. The summed E-state index contributed by atoms with van der Waals surface area (Å²) in [5.41, 5.74) is 2.85. The third-order valence-corrected chi connectivity index (χ3v) is 9.67. The van der Waals surface area contributed by atoms with Crippen molar-refractivity contribution in [1.82, 2.24) is 10.2 Å². The zero-order valence-electron chi connectivity index (χ0n) is 26.7. The molecule has 0 aromatic heterocycles. The van der Waals surface area contributed by atoms with E-state index in [0.29, 0.717) is 23.3 Å². The maximum atomic E-state index is 13.1. The van der Waals surface area contributed by atoms with Gasteiger partial charge in [0, 0.05) is 18.5 Å². The molecule has 1 amide bonds. The number of hydrogen-bond donors (Lipinski definition) is 1. The van der Waals surface area contributed by atoms with Gasteiger partial charge in [-0.25, -0.2) is 0 Å². The van der Waals surface area contributed by atoms with Gasteiger partial charge in [0.15, 0.2) is 0 Å². The number of esters is 1. The van der Waals surface area contributed by atoms with E-state index in [1.54, 1.807) is 7.11 Å². The van der Waals surface area contributed by atoms with E-state index >= 15 is 0 Å². The van der Waals surface area contributed by atoms with Crippen molar-refractivity contribution in [3.05, 3.63) is 59.7 Å². The monoisotopic (exact) mass is 590 g/mol. The molecule has 0 spiro atoms. The van der Waals surface area contributed by atoms with Crippen molar-refractivity contribution in [2.24, 2.45) is 16.7 Å². The molecule has 3 atom stereocenters. The lowest BCUT2D eigenvalue weighted by atomic mass is 9.43. The van der Waals surface area contributed by atoms with Crippen LogP contribution in [0.25, 0.3) is 0 Å². The molecule has 6 rings (SSSR count). The fraction of sp³-hybridized carbons (Fsp3) is 0.611. The van der Waals surface area contributed by atoms with Crippen LogP contribution in [0.15, 0.2) is 48.5 Å². The molecule has 2 unspecified atom stereocenters. The van der Waals surface area contributed by atoms with Crippen LogP contribution in [-0.2, 0) is 27.2 Å². The summed E-state index contributed by atoms with van der Waals surface area (Å²) in [5.74, 6) is 1.96. The molecule has 0 heterocycles. The number of amides is 1. The average Bonchev–Trinajstić information content (AvgIpc) is 2.91. The van der Waals surface area contributed by atoms with Gasteiger partial charge in [-0.1, -0.05) is 44.2 Å². The van der Waals surface area contributed by atoms with Gasteiger partial charge in [-0.2, -0.15) is 0 Å². The number of benzene rings is 2. The first-order valence-corrected chi connectivity index (χ1v) is 16.0. The van der Waals surface area contributed by atoms with Crippen LogP contribution in [0.5, 0.6) is 11.5 Å². The summed E-state index contributed by atoms with van der Waals surface area (Å²) in [5, 5.41) is 3.41. The molecule has 2 aromatic carbocycles. The van der Waals surface area contributed by atoms with Crippen molar-refractivity contribution in [1.29, 1.82) is 0 Å². The first-order valence-electron chi connectivity index (χ1n) is 16.0. The van der Waals surface area contributed by atoms with E-state index in [2.05, 4.69) is 37.4 Å². The van der Waals surface area contributed by atoms with Crippen LogP contribution in [0.1, 0.15) is 76.3 Å². The second-order valence-electron chi connectivity index (χ2n) is 14.6. The molecule has 4 fully saturated rings. The predicted octanol–water partition coefficient (Wildman–Crippen LogP) is 5.98. The quantitative estimate of drug-likeness (QED) is 0.273. The Balaban J connectivity index is 1.12. The van der Waals surface area contributed by atoms with E-state index in [-0.39, 0.29) is 36.9 Å². The smallest absolute Gasteiger partial charge is 0.306 e. The van der Waals surface area contributed by atoms with Crippen molar-refractivity contribution in [2.45, 2.75) is 89.7 Å². The van der Waals surface area contributed by atoms with Gasteiger partial charge in [-0.15, -0.1) is 0 Å². The Hall–Kier alpha value is -3.06. The average molecular weight is 591 g/mol. The minimum absolute atomic E-state index is 0.0310. The fourth-order valence-electron chi connectivity index (χ4n) is 9.08. The minimum atomic E-state index is -0.444. The number of nitrogens with zero attached hydrogens (tertiary/aromatic N) is 1. The van der Waals surface area contributed by atoms with Crippen molar-refractivity contribution < 1.29 is 23.8 Å². The molecule has 4 aliphatic carbocycles. The Kier molecular flexibility index (Phi) is 9.40. The predicted molar refractivity (Wildman–Crippen MR) is 168 cm³/mol. The SMILES string of the molecule is COc1cccc(CCc2ccccc2OC[C@H](CN(C)C)OC(=O)CCC(=O)NC23CC4CC(C)(CC(C)(C4)C2)C3)c1. The number of ether oxygens (including phenoxy) is 3. The highest BCUT2D eigenvalue weighted by molar-refractivity contribution is 5.82. The molecule has 43 heavy (non-hydrogen) atoms. The number of carbonyl (C=O) groups is 2. The van der Waals surface area contributed by atoms with Crippen LogP contribution in [0, 0.1) is 16.7 Å². The van der Waals surface area contributed by atoms with E-state index in [1.165, 1.54) is 24.8 Å². The first-order chi connectivity index (χ1) is 20.5. The molecule has 4 bridgehead atoms. The van der Waals surface area contributed by atoms with Gasteiger partial charge in [0.05, 0.1) is 13.5 Å². The van der Waals surface area contributed by atoms with Gasteiger partial charge in [-0.05, 0) is 112 Å². The topological polar surface area (TPSA) is 77.1 Å². The minimum Gasteiger partial charge on any atom is -0.497 e. The molecular formula is C36H50N2O5. The molecule has 0 radical (unpaired) electrons. The normalized spacial score (nSPS) is 28.0. The third kappa shape index (κ3) is 8.11. The van der Waals surface area contributed by atoms with Crippen LogP contribution in [0.3, 0.4) is 0 Å². The lowest BCUT2D eigenvalue weighted by Crippen LogP contribution is -2.65. The lowest BCUT2D eigenvalue weighted by molar-refractivity contribution is -0.153. The molecule has 1 N–H and O–H groups in total. The molecule has 0 aliphatic heterocycles. The molecule has 4 saturated carbocycles. The van der Waals surface area contributed by atoms with E-state index in [4.69, 9.17) is 14.2 Å². The van der Waals surface area contributed by atoms with Crippen LogP contribution in [0.4, 0.5) is 0 Å². The van der Waals surface area contributed by atoms with Gasteiger partial charge in [0.25, 0.3) is 0 Å². The molecule has 0 saturated heterocycles. The van der Waals surface area contributed by atoms with E-state index in [0.717, 1.165) is 49.2 Å². The largest absolute Gasteiger partial charge is 0.497 e. The number of carbonyl (C=O) groups excluding carboxylic acids is 2. The van der Waals surface area contributed by atoms with E-state index in [9.17, 15) is 9.59 Å². The highest BCUT2D eigenvalue weighted by Crippen LogP contribution is 2.66. The fourth-order valence-corrected chi connectivity index (χ4v) is 9.08. The Morgan fingerprint density at radius 3 is 2.40 bits per heavy atom. The van der Waals surface area contributed by atoms with E-state index < -0.39 is 6.10 Å². The molecule has 7 heteroatoms. The number of para-hydroxylation sites is 1. The molecule has 2 aromatic rings. The van der Waals surface area contributed by atoms with Crippen molar-refractivity contribution in [3.63, 3.8) is 0 Å². The van der Waals surface area contributed by atoms with Gasteiger partial charge in [-0.3, -0.25) is 9.59 Å². The Bertz CT molecular complexity index is 1270. The van der Waals surface area contributed by atoms with Crippen LogP contribution >= 0.6 is 0 Å². The summed E-state index contributed by atoms with van der Waals surface area (Å²) in [6, 6.07) is 16.1. The van der Waals surface area contributed by atoms with Crippen molar-refractivity contribution >= 4 is 11.9 Å². The van der Waals surface area contributed by atoms with Gasteiger partial charge < -0.3 is 24.4 Å². The number of methoxy groups -OCH3 is 1. The summed E-state index contributed by atoms with van der Waals surface area (Å²) in [7, 11) is 5.57. The summed E-state index contributed by atoms with van der Waals surface area (Å²) >= 11 is 0. The van der Waals surface area contributed by atoms with Crippen molar-refractivity contribution in [2.75, 3.05) is 34.4 Å². The van der Waals surface area contributed by atoms with Gasteiger partial charge in [0.2, 0.25) is 5.91 Å². The van der Waals surface area contributed by atoms with Crippen LogP contribution in [-0.4, -0.2) is 62.8 Å². The molecule has 7 nitrogen and oxygen atoms in total. The summed E-state index contributed by atoms with van der Waals surface area (Å²) in [6.07, 6.45) is 8.50. The Labute approximate surface area is 257 Å². The van der Waals surface area contributed by atoms with Crippen LogP contribution < -0.4 is 14.8 Å². The number of likely N-dealkylation sites (N-methyl/N-ethyl adjacent to an activating group) is 1. The Morgan fingerprint density at radius 2 is 1.70 bits per heavy atom. The van der Waals surface area contributed by atoms with Gasteiger partial charge >= 0.3 is 5.97 Å². The number of aryl methyl sites for hydroxylation is 2. The summed E-state index contributed by atoms with van der Waals surface area (Å²) in [4.78, 5) is 28.0. The van der Waals surface area contributed by atoms with E-state index in [1.807, 2.05) is 49.3 Å². The highest BCUT2D eigenvalue weighted by atomic mass is 16.6. The second-order valence-corrected chi connectivity index (χ2v) is 14.6. The summed E-state index contributed by atoms with van der Waals surface area (Å²) < 4.78 is 17.4. The number of hydrogen-bond acceptors (Lipinski definition) is 6. The van der Waals surface area contributed by atoms with Crippen molar-refractivity contribution in [3.8, 4) is 11.5 Å².